The summed E-state index contributed by atoms with van der Waals surface area (Å²) >= 11 is 0. The fourth-order valence-electron chi connectivity index (χ4n) is 3.68. The summed E-state index contributed by atoms with van der Waals surface area (Å²) in [5, 5.41) is 0. The van der Waals surface area contributed by atoms with Crippen LogP contribution in [0, 0.1) is 5.41 Å². The number of amides is 1. The van der Waals surface area contributed by atoms with Crippen LogP contribution < -0.4 is 4.90 Å². The first-order valence-corrected chi connectivity index (χ1v) is 7.62. The third kappa shape index (κ3) is 1.96. The molecule has 0 N–H and O–H groups in total. The van der Waals surface area contributed by atoms with E-state index in [1.54, 1.807) is 0 Å². The number of hydrogen-bond donors (Lipinski definition) is 0. The molecule has 3 nitrogen and oxygen atoms in total. The number of carbonyl (C=O) groups is 2. The quantitative estimate of drug-likeness (QED) is 0.824. The van der Waals surface area contributed by atoms with Gasteiger partial charge in [-0.15, -0.1) is 0 Å². The molecule has 1 fully saturated rings. The molecule has 0 spiro atoms. The van der Waals surface area contributed by atoms with E-state index in [4.69, 9.17) is 0 Å². The van der Waals surface area contributed by atoms with E-state index < -0.39 is 0 Å². The van der Waals surface area contributed by atoms with Crippen molar-refractivity contribution in [2.75, 3.05) is 11.4 Å². The lowest BCUT2D eigenvalue weighted by atomic mass is 9.81. The molecule has 0 aromatic heterocycles. The summed E-state index contributed by atoms with van der Waals surface area (Å²) < 4.78 is 0. The van der Waals surface area contributed by atoms with E-state index in [1.807, 2.05) is 29.2 Å². The predicted molar refractivity (Wildman–Crippen MR) is 78.9 cm³/mol. The zero-order valence-electron chi connectivity index (χ0n) is 12.0. The third-order valence-corrected chi connectivity index (χ3v) is 4.99. The fourth-order valence-corrected chi connectivity index (χ4v) is 3.68. The number of hydrogen-bond acceptors (Lipinski definition) is 2. The van der Waals surface area contributed by atoms with Gasteiger partial charge in [-0.3, -0.25) is 9.59 Å². The molecule has 0 saturated heterocycles. The zero-order chi connectivity index (χ0) is 14.2. The first-order valence-electron chi connectivity index (χ1n) is 7.62. The van der Waals surface area contributed by atoms with Gasteiger partial charge >= 0.3 is 0 Å². The van der Waals surface area contributed by atoms with Crippen LogP contribution in [0.3, 0.4) is 0 Å². The summed E-state index contributed by atoms with van der Waals surface area (Å²) in [5.74, 6) is 0.388. The number of nitrogens with zero attached hydrogens (tertiary/aromatic N) is 1. The van der Waals surface area contributed by atoms with Crippen LogP contribution in [0.5, 0.6) is 0 Å². The van der Waals surface area contributed by atoms with Crippen molar-refractivity contribution in [3.8, 4) is 0 Å². The van der Waals surface area contributed by atoms with Gasteiger partial charge in [0.05, 0.1) is 5.69 Å². The van der Waals surface area contributed by atoms with Gasteiger partial charge in [0.1, 0.15) is 0 Å². The number of anilines is 1. The lowest BCUT2D eigenvalue weighted by Crippen LogP contribution is -2.45. The molecule has 1 saturated carbocycles. The minimum Gasteiger partial charge on any atom is -0.311 e. The molecular formula is C17H21NO2. The lowest BCUT2D eigenvalue weighted by Gasteiger charge is -2.36. The van der Waals surface area contributed by atoms with Crippen molar-refractivity contribution in [1.29, 1.82) is 0 Å². The molecule has 1 aliphatic heterocycles. The summed E-state index contributed by atoms with van der Waals surface area (Å²) in [5.41, 5.74) is 1.33. The van der Waals surface area contributed by atoms with E-state index in [9.17, 15) is 9.59 Å². The number of carbonyl (C=O) groups excluding carboxylic acids is 2. The third-order valence-electron chi connectivity index (χ3n) is 4.99. The number of benzene rings is 1. The Morgan fingerprint density at radius 3 is 2.65 bits per heavy atom. The number of fused-ring (bicyclic) bond motifs is 1. The Kier molecular flexibility index (Phi) is 3.36. The van der Waals surface area contributed by atoms with Crippen molar-refractivity contribution >= 4 is 17.4 Å². The predicted octanol–water partition coefficient (Wildman–Crippen LogP) is 3.58. The molecule has 1 amide bonds. The Bertz CT molecular complexity index is 544. The second-order valence-corrected chi connectivity index (χ2v) is 5.99. The number of ketones is 1. The summed E-state index contributed by atoms with van der Waals surface area (Å²) in [6, 6.07) is 7.52. The summed E-state index contributed by atoms with van der Waals surface area (Å²) in [6.07, 6.45) is 5.63. The van der Waals surface area contributed by atoms with Crippen LogP contribution in [0.1, 0.15) is 55.8 Å². The summed E-state index contributed by atoms with van der Waals surface area (Å²) in [7, 11) is 0. The molecule has 3 rings (SSSR count). The Morgan fingerprint density at radius 1 is 1.25 bits per heavy atom. The maximum Gasteiger partial charge on any atom is 0.233 e. The minimum atomic E-state index is -0.187. The topological polar surface area (TPSA) is 37.4 Å². The number of Topliss-reactive ketones (excluding diaryl/α,β-unsaturated/α-hetero) is 1. The maximum absolute atomic E-state index is 13.0. The van der Waals surface area contributed by atoms with Gasteiger partial charge in [0.25, 0.3) is 0 Å². The molecule has 106 valence electrons. The van der Waals surface area contributed by atoms with Gasteiger partial charge in [-0.1, -0.05) is 31.9 Å². The van der Waals surface area contributed by atoms with Crippen LogP contribution in [0.15, 0.2) is 24.3 Å². The first kappa shape index (κ1) is 13.3. The summed E-state index contributed by atoms with van der Waals surface area (Å²) in [4.78, 5) is 26.9. The average molecular weight is 271 g/mol. The van der Waals surface area contributed by atoms with Gasteiger partial charge in [0, 0.05) is 23.9 Å². The Balaban J connectivity index is 1.97. The van der Waals surface area contributed by atoms with Gasteiger partial charge in [-0.25, -0.2) is 0 Å². The second kappa shape index (κ2) is 5.04. The Morgan fingerprint density at radius 2 is 1.95 bits per heavy atom. The van der Waals surface area contributed by atoms with Gasteiger partial charge < -0.3 is 4.90 Å². The van der Waals surface area contributed by atoms with Gasteiger partial charge in [0.2, 0.25) is 5.91 Å². The van der Waals surface area contributed by atoms with Crippen molar-refractivity contribution < 1.29 is 9.59 Å². The van der Waals surface area contributed by atoms with Crippen molar-refractivity contribution in [3.63, 3.8) is 0 Å². The van der Waals surface area contributed by atoms with Gasteiger partial charge in [-0.2, -0.15) is 0 Å². The molecule has 2 aliphatic rings. The average Bonchev–Trinajstić information content (AvgIpc) is 2.97. The maximum atomic E-state index is 13.0. The summed E-state index contributed by atoms with van der Waals surface area (Å²) in [6.45, 7) is 2.65. The SMILES string of the molecule is CCC1(C(=O)N2CCC(=O)c3ccccc32)CCCC1. The van der Waals surface area contributed by atoms with Crippen molar-refractivity contribution in [2.45, 2.75) is 45.4 Å². The highest BCUT2D eigenvalue weighted by Crippen LogP contribution is 2.44. The van der Waals surface area contributed by atoms with Crippen LogP contribution in [0.2, 0.25) is 0 Å². The number of rotatable bonds is 2. The van der Waals surface area contributed by atoms with Crippen LogP contribution in [-0.2, 0) is 4.79 Å². The minimum absolute atomic E-state index is 0.154. The second-order valence-electron chi connectivity index (χ2n) is 5.99. The van der Waals surface area contributed by atoms with E-state index in [0.717, 1.165) is 37.8 Å². The molecule has 0 bridgehead atoms. The molecule has 1 aliphatic carbocycles. The molecule has 0 atom stereocenters. The molecule has 1 heterocycles. The molecular weight excluding hydrogens is 250 g/mol. The first-order chi connectivity index (χ1) is 9.68. The molecule has 0 unspecified atom stereocenters. The van der Waals surface area contributed by atoms with Crippen molar-refractivity contribution in [1.82, 2.24) is 0 Å². The van der Waals surface area contributed by atoms with E-state index in [-0.39, 0.29) is 17.1 Å². The van der Waals surface area contributed by atoms with E-state index in [2.05, 4.69) is 6.92 Å². The van der Waals surface area contributed by atoms with E-state index in [0.29, 0.717) is 18.5 Å². The lowest BCUT2D eigenvalue weighted by molar-refractivity contribution is -0.128. The molecule has 1 aromatic carbocycles. The van der Waals surface area contributed by atoms with Crippen molar-refractivity contribution in [2.24, 2.45) is 5.41 Å². The highest BCUT2D eigenvalue weighted by atomic mass is 16.2. The van der Waals surface area contributed by atoms with Crippen LogP contribution in [0.25, 0.3) is 0 Å². The molecule has 20 heavy (non-hydrogen) atoms. The fraction of sp³-hybridized carbons (Fsp3) is 0.529. The van der Waals surface area contributed by atoms with E-state index >= 15 is 0 Å². The van der Waals surface area contributed by atoms with E-state index in [1.165, 1.54) is 0 Å². The Hall–Kier alpha value is -1.64. The van der Waals surface area contributed by atoms with Gasteiger partial charge in [-0.05, 0) is 31.4 Å². The van der Waals surface area contributed by atoms with Crippen LogP contribution in [-0.4, -0.2) is 18.2 Å². The Labute approximate surface area is 120 Å². The molecule has 3 heteroatoms. The highest BCUT2D eigenvalue weighted by molar-refractivity contribution is 6.09. The molecule has 0 radical (unpaired) electrons. The standard InChI is InChI=1S/C17H21NO2/c1-2-17(10-5-6-11-17)16(20)18-12-9-15(19)13-7-3-4-8-14(13)18/h3-4,7-8H,2,5-6,9-12H2,1H3. The largest absolute Gasteiger partial charge is 0.311 e. The molecule has 1 aromatic rings. The number of para-hydroxylation sites is 1. The van der Waals surface area contributed by atoms with Gasteiger partial charge in [0.15, 0.2) is 5.78 Å². The zero-order valence-corrected chi connectivity index (χ0v) is 12.0. The van der Waals surface area contributed by atoms with Crippen LogP contribution in [0.4, 0.5) is 5.69 Å². The monoisotopic (exact) mass is 271 g/mol. The van der Waals surface area contributed by atoms with Crippen molar-refractivity contribution in [3.05, 3.63) is 29.8 Å². The highest BCUT2D eigenvalue weighted by Gasteiger charge is 2.43. The smallest absolute Gasteiger partial charge is 0.233 e. The van der Waals surface area contributed by atoms with Crippen LogP contribution >= 0.6 is 0 Å². The normalized spacial score (nSPS) is 20.9.